The van der Waals surface area contributed by atoms with E-state index in [4.69, 9.17) is 14.2 Å². The van der Waals surface area contributed by atoms with Crippen LogP contribution in [0.2, 0.25) is 0 Å². The van der Waals surface area contributed by atoms with Crippen molar-refractivity contribution in [2.75, 3.05) is 19.7 Å². The summed E-state index contributed by atoms with van der Waals surface area (Å²) in [6, 6.07) is 22.4. The fourth-order valence-electron chi connectivity index (χ4n) is 6.39. The first-order valence-electron chi connectivity index (χ1n) is 15.0. The molecule has 2 heterocycles. The first-order chi connectivity index (χ1) is 20.2. The van der Waals surface area contributed by atoms with Crippen LogP contribution in [0.4, 0.5) is 0 Å². The van der Waals surface area contributed by atoms with Gasteiger partial charge >= 0.3 is 5.97 Å². The molecule has 5 rings (SSSR count). The van der Waals surface area contributed by atoms with Crippen molar-refractivity contribution < 1.29 is 24.1 Å². The van der Waals surface area contributed by atoms with Gasteiger partial charge in [-0.2, -0.15) is 0 Å². The second-order valence-corrected chi connectivity index (χ2v) is 12.2. The zero-order chi connectivity index (χ0) is 29.8. The van der Waals surface area contributed by atoms with Crippen molar-refractivity contribution in [3.63, 3.8) is 0 Å². The number of fused-ring (bicyclic) bond motifs is 1. The molecule has 2 aliphatic heterocycles. The molecule has 6 heteroatoms. The van der Waals surface area contributed by atoms with Gasteiger partial charge < -0.3 is 19.3 Å². The number of benzene rings is 3. The summed E-state index contributed by atoms with van der Waals surface area (Å²) in [5, 5.41) is 9.34. The minimum absolute atomic E-state index is 0.122. The number of aryl methyl sites for hydroxylation is 1. The Morgan fingerprint density at radius 1 is 1.10 bits per heavy atom. The Bertz CT molecular complexity index is 1380. The van der Waals surface area contributed by atoms with E-state index in [2.05, 4.69) is 57.4 Å². The van der Waals surface area contributed by atoms with Gasteiger partial charge in [-0.1, -0.05) is 62.4 Å². The van der Waals surface area contributed by atoms with E-state index in [0.29, 0.717) is 17.6 Å². The second-order valence-electron chi connectivity index (χ2n) is 12.2. The summed E-state index contributed by atoms with van der Waals surface area (Å²) in [7, 11) is 0. The molecule has 3 aromatic carbocycles. The lowest BCUT2D eigenvalue weighted by molar-refractivity contribution is -0.140. The molecule has 0 bridgehead atoms. The van der Waals surface area contributed by atoms with Crippen molar-refractivity contribution in [2.24, 2.45) is 11.8 Å². The topological polar surface area (TPSA) is 68.2 Å². The van der Waals surface area contributed by atoms with Gasteiger partial charge in [0.05, 0.1) is 12.2 Å². The Labute approximate surface area is 249 Å². The van der Waals surface area contributed by atoms with Crippen molar-refractivity contribution in [3.05, 3.63) is 101 Å². The van der Waals surface area contributed by atoms with Crippen LogP contribution < -0.4 is 9.47 Å². The highest BCUT2D eigenvalue weighted by molar-refractivity contribution is 5.68. The fourth-order valence-corrected chi connectivity index (χ4v) is 6.39. The smallest absolute Gasteiger partial charge is 0.341 e. The lowest BCUT2D eigenvalue weighted by Gasteiger charge is -2.47. The monoisotopic (exact) mass is 569 g/mol. The van der Waals surface area contributed by atoms with E-state index in [-0.39, 0.29) is 24.7 Å². The molecule has 0 aliphatic carbocycles. The Balaban J connectivity index is 1.29. The van der Waals surface area contributed by atoms with E-state index < -0.39 is 5.97 Å². The van der Waals surface area contributed by atoms with Crippen LogP contribution in [0.1, 0.15) is 67.9 Å². The average Bonchev–Trinajstić information content (AvgIpc) is 2.96. The molecule has 1 N–H and O–H groups in total. The number of rotatable bonds is 10. The third-order valence-corrected chi connectivity index (χ3v) is 8.61. The fraction of sp³-hybridized carbons (Fsp3) is 0.417. The quantitative estimate of drug-likeness (QED) is 0.250. The average molecular weight is 570 g/mol. The molecule has 0 amide bonds. The minimum Gasteiger partial charge on any atom is -0.482 e. The van der Waals surface area contributed by atoms with Gasteiger partial charge in [-0.05, 0) is 85.5 Å². The molecule has 3 aromatic rings. The number of ether oxygens (including phenoxy) is 3. The molecular weight excluding hydrogens is 526 g/mol. The zero-order valence-corrected chi connectivity index (χ0v) is 25.2. The normalized spacial score (nSPS) is 22.4. The zero-order valence-electron chi connectivity index (χ0n) is 25.2. The number of hydrogen-bond acceptors (Lipinski definition) is 5. The van der Waals surface area contributed by atoms with Gasteiger partial charge in [0.2, 0.25) is 0 Å². The molecule has 2 saturated heterocycles. The third kappa shape index (κ3) is 7.05. The Morgan fingerprint density at radius 2 is 1.81 bits per heavy atom. The number of carboxylic acids is 1. The summed E-state index contributed by atoms with van der Waals surface area (Å²) in [5.74, 6) is 2.13. The van der Waals surface area contributed by atoms with Gasteiger partial charge in [0.15, 0.2) is 6.61 Å². The number of carboxylic acid groups (broad SMARTS) is 1. The van der Waals surface area contributed by atoms with Crippen LogP contribution in [-0.2, 0) is 16.1 Å². The Hall–Kier alpha value is -3.61. The number of para-hydroxylation sites is 1. The molecule has 0 radical (unpaired) electrons. The summed E-state index contributed by atoms with van der Waals surface area (Å²) < 4.78 is 18.8. The van der Waals surface area contributed by atoms with E-state index in [0.717, 1.165) is 66.2 Å². The number of hydrogen-bond donors (Lipinski definition) is 1. The van der Waals surface area contributed by atoms with Gasteiger partial charge in [-0.3, -0.25) is 4.90 Å². The van der Waals surface area contributed by atoms with Crippen LogP contribution in [0, 0.1) is 18.8 Å². The predicted octanol–water partition coefficient (Wildman–Crippen LogP) is 7.92. The lowest BCUT2D eigenvalue weighted by atomic mass is 9.75. The minimum atomic E-state index is -0.986. The number of piperidine rings is 1. The van der Waals surface area contributed by atoms with Gasteiger partial charge in [0, 0.05) is 31.1 Å². The number of likely N-dealkylation sites (tertiary alicyclic amines) is 1. The molecule has 0 aromatic heterocycles. The van der Waals surface area contributed by atoms with E-state index in [1.165, 1.54) is 5.56 Å². The maximum absolute atomic E-state index is 11.4. The van der Waals surface area contributed by atoms with Gasteiger partial charge in [-0.25, -0.2) is 4.79 Å². The molecule has 42 heavy (non-hydrogen) atoms. The Kier molecular flexibility index (Phi) is 9.34. The highest BCUT2D eigenvalue weighted by Gasteiger charge is 2.43. The van der Waals surface area contributed by atoms with Gasteiger partial charge in [0.1, 0.15) is 17.2 Å². The predicted molar refractivity (Wildman–Crippen MR) is 165 cm³/mol. The van der Waals surface area contributed by atoms with Crippen LogP contribution in [-0.4, -0.2) is 41.8 Å². The van der Waals surface area contributed by atoms with Crippen LogP contribution in [0.5, 0.6) is 17.2 Å². The standard InChI is InChI=1S/C36H43NO5/c1-23(2)27-17-25(5)35(33(19-27)40-22-34(38)39)36-31(24(3)4)18-28-21-37(16-15-32(28)42-36)20-26-11-13-30(14-12-26)41-29-9-7-6-8-10-29/h6-14,17,19,23,28,31-32,36H,3,15-16,18,20-22H2,1-2,4-5H3,(H,38,39)/t28-,31-,32+,36+/m1/s1. The first kappa shape index (κ1) is 29.9. The summed E-state index contributed by atoms with van der Waals surface area (Å²) in [6.07, 6.45) is 1.86. The summed E-state index contributed by atoms with van der Waals surface area (Å²) in [4.78, 5) is 13.9. The molecule has 222 valence electrons. The van der Waals surface area contributed by atoms with E-state index in [9.17, 15) is 9.90 Å². The van der Waals surface area contributed by atoms with Crippen molar-refractivity contribution in [1.29, 1.82) is 0 Å². The molecule has 0 unspecified atom stereocenters. The molecule has 2 aliphatic rings. The summed E-state index contributed by atoms with van der Waals surface area (Å²) in [6.45, 7) is 15.2. The molecule has 0 saturated carbocycles. The van der Waals surface area contributed by atoms with Gasteiger partial charge in [-0.15, -0.1) is 0 Å². The van der Waals surface area contributed by atoms with Crippen LogP contribution in [0.3, 0.4) is 0 Å². The van der Waals surface area contributed by atoms with E-state index in [1.54, 1.807) is 0 Å². The largest absolute Gasteiger partial charge is 0.482 e. The summed E-state index contributed by atoms with van der Waals surface area (Å²) >= 11 is 0. The van der Waals surface area contributed by atoms with Crippen molar-refractivity contribution in [1.82, 2.24) is 4.90 Å². The Morgan fingerprint density at radius 3 is 2.48 bits per heavy atom. The van der Waals surface area contributed by atoms with Crippen LogP contribution in [0.15, 0.2) is 78.9 Å². The number of carbonyl (C=O) groups is 1. The van der Waals surface area contributed by atoms with Gasteiger partial charge in [0.25, 0.3) is 0 Å². The maximum Gasteiger partial charge on any atom is 0.341 e. The molecule has 6 nitrogen and oxygen atoms in total. The SMILES string of the molecule is C=C(C)[C@H]1C[C@@H]2CN(Cc3ccc(Oc4ccccc4)cc3)CC[C@@H]2O[C@@H]1c1c(C)cc(C(C)C)cc1OCC(=O)O. The molecule has 0 spiro atoms. The van der Waals surface area contributed by atoms with Crippen LogP contribution in [0.25, 0.3) is 0 Å². The van der Waals surface area contributed by atoms with E-state index in [1.807, 2.05) is 48.5 Å². The first-order valence-corrected chi connectivity index (χ1v) is 15.0. The van der Waals surface area contributed by atoms with Crippen molar-refractivity contribution in [2.45, 2.75) is 65.2 Å². The molecule has 4 atom stereocenters. The van der Waals surface area contributed by atoms with Crippen molar-refractivity contribution >= 4 is 5.97 Å². The summed E-state index contributed by atoms with van der Waals surface area (Å²) in [5.41, 5.74) is 5.52. The highest BCUT2D eigenvalue weighted by Crippen LogP contribution is 2.48. The van der Waals surface area contributed by atoms with Crippen LogP contribution >= 0.6 is 0 Å². The maximum atomic E-state index is 11.4. The number of aliphatic carboxylic acids is 1. The van der Waals surface area contributed by atoms with Crippen molar-refractivity contribution in [3.8, 4) is 17.2 Å². The second kappa shape index (κ2) is 13.1. The third-order valence-electron chi connectivity index (χ3n) is 8.61. The molecule has 2 fully saturated rings. The lowest BCUT2D eigenvalue weighted by Crippen LogP contribution is -2.48. The van der Waals surface area contributed by atoms with E-state index >= 15 is 0 Å². The molecular formula is C36H43NO5. The number of nitrogens with zero attached hydrogens (tertiary/aromatic N) is 1. The highest BCUT2D eigenvalue weighted by atomic mass is 16.5.